The van der Waals surface area contributed by atoms with Crippen molar-refractivity contribution in [3.05, 3.63) is 60.2 Å². The molecule has 2 rings (SSSR count). The molecule has 0 spiro atoms. The molecule has 0 saturated carbocycles. The Hall–Kier alpha value is -2.49. The van der Waals surface area contributed by atoms with E-state index in [4.69, 9.17) is 14.2 Å². The summed E-state index contributed by atoms with van der Waals surface area (Å²) in [5.74, 6) is 0.949. The zero-order valence-corrected chi connectivity index (χ0v) is 10.5. The highest BCUT2D eigenvalue weighted by atomic mass is 16.7. The van der Waals surface area contributed by atoms with E-state index in [2.05, 4.69) is 0 Å². The van der Waals surface area contributed by atoms with Gasteiger partial charge in [0.05, 0.1) is 12.7 Å². The van der Waals surface area contributed by atoms with Gasteiger partial charge in [0, 0.05) is 0 Å². The SMILES string of the molecule is COc1ccc(OCOC(=O)c2ccccc2)cc1. The van der Waals surface area contributed by atoms with Crippen molar-refractivity contribution in [2.75, 3.05) is 13.9 Å². The normalized spacial score (nSPS) is 9.74. The maximum absolute atomic E-state index is 11.6. The molecule has 0 fully saturated rings. The number of benzene rings is 2. The lowest BCUT2D eigenvalue weighted by Gasteiger charge is -2.07. The molecule has 4 nitrogen and oxygen atoms in total. The van der Waals surface area contributed by atoms with Gasteiger partial charge in [0.25, 0.3) is 0 Å². The quantitative estimate of drug-likeness (QED) is 0.611. The first kappa shape index (κ1) is 13.0. The van der Waals surface area contributed by atoms with Gasteiger partial charge in [-0.25, -0.2) is 4.79 Å². The number of carbonyl (C=O) groups excluding carboxylic acids is 1. The molecule has 0 aliphatic carbocycles. The first-order valence-electron chi connectivity index (χ1n) is 5.78. The van der Waals surface area contributed by atoms with Crippen LogP contribution in [0.5, 0.6) is 11.5 Å². The molecule has 4 heteroatoms. The van der Waals surface area contributed by atoms with Crippen molar-refractivity contribution >= 4 is 5.97 Å². The molecule has 0 unspecified atom stereocenters. The Morgan fingerprint density at radius 3 is 2.21 bits per heavy atom. The van der Waals surface area contributed by atoms with Crippen molar-refractivity contribution in [3.63, 3.8) is 0 Å². The lowest BCUT2D eigenvalue weighted by atomic mass is 10.2. The molecular formula is C15H14O4. The molecule has 0 atom stereocenters. The summed E-state index contributed by atoms with van der Waals surface area (Å²) < 4.78 is 15.3. The van der Waals surface area contributed by atoms with Crippen molar-refractivity contribution in [1.82, 2.24) is 0 Å². The van der Waals surface area contributed by atoms with E-state index < -0.39 is 5.97 Å². The molecule has 0 N–H and O–H groups in total. The van der Waals surface area contributed by atoms with Crippen LogP contribution in [0.15, 0.2) is 54.6 Å². The van der Waals surface area contributed by atoms with Crippen LogP contribution in [0.2, 0.25) is 0 Å². The van der Waals surface area contributed by atoms with E-state index in [1.54, 1.807) is 55.6 Å². The maximum Gasteiger partial charge on any atom is 0.340 e. The van der Waals surface area contributed by atoms with E-state index in [1.165, 1.54) is 0 Å². The molecule has 0 radical (unpaired) electrons. The van der Waals surface area contributed by atoms with Crippen molar-refractivity contribution in [1.29, 1.82) is 0 Å². The standard InChI is InChI=1S/C15H14O4/c1-17-13-7-9-14(10-8-13)18-11-19-15(16)12-5-3-2-4-6-12/h2-10H,11H2,1H3. The fourth-order valence-corrected chi connectivity index (χ4v) is 1.48. The summed E-state index contributed by atoms with van der Waals surface area (Å²) in [6.07, 6.45) is 0. The number of hydrogen-bond donors (Lipinski definition) is 0. The third kappa shape index (κ3) is 3.74. The fourth-order valence-electron chi connectivity index (χ4n) is 1.48. The van der Waals surface area contributed by atoms with Crippen LogP contribution in [0.1, 0.15) is 10.4 Å². The van der Waals surface area contributed by atoms with Gasteiger partial charge in [0.2, 0.25) is 6.79 Å². The molecule has 0 heterocycles. The first-order chi connectivity index (χ1) is 9.29. The molecular weight excluding hydrogens is 244 g/mol. The summed E-state index contributed by atoms with van der Waals surface area (Å²) >= 11 is 0. The van der Waals surface area contributed by atoms with Crippen LogP contribution >= 0.6 is 0 Å². The van der Waals surface area contributed by atoms with Gasteiger partial charge in [-0.2, -0.15) is 0 Å². The number of esters is 1. The van der Waals surface area contributed by atoms with Crippen LogP contribution in [-0.2, 0) is 4.74 Å². The van der Waals surface area contributed by atoms with Crippen LogP contribution in [0.4, 0.5) is 0 Å². The topological polar surface area (TPSA) is 44.8 Å². The van der Waals surface area contributed by atoms with Gasteiger partial charge in [-0.3, -0.25) is 0 Å². The van der Waals surface area contributed by atoms with Crippen LogP contribution in [0.3, 0.4) is 0 Å². The smallest absolute Gasteiger partial charge is 0.340 e. The summed E-state index contributed by atoms with van der Waals surface area (Å²) in [4.78, 5) is 11.6. The molecule has 98 valence electrons. The molecule has 0 aromatic heterocycles. The molecule has 0 bridgehead atoms. The summed E-state index contributed by atoms with van der Waals surface area (Å²) in [7, 11) is 1.59. The second-order valence-electron chi connectivity index (χ2n) is 3.74. The first-order valence-corrected chi connectivity index (χ1v) is 5.78. The minimum Gasteiger partial charge on any atom is -0.497 e. The highest BCUT2D eigenvalue weighted by Gasteiger charge is 2.05. The van der Waals surface area contributed by atoms with Crippen LogP contribution < -0.4 is 9.47 Å². The van der Waals surface area contributed by atoms with E-state index in [0.717, 1.165) is 5.75 Å². The Morgan fingerprint density at radius 1 is 0.947 bits per heavy atom. The van der Waals surface area contributed by atoms with Gasteiger partial charge in [-0.05, 0) is 36.4 Å². The predicted octanol–water partition coefficient (Wildman–Crippen LogP) is 2.89. The van der Waals surface area contributed by atoms with Gasteiger partial charge in [-0.1, -0.05) is 18.2 Å². The molecule has 0 aliphatic rings. The molecule has 2 aromatic carbocycles. The van der Waals surface area contributed by atoms with Crippen molar-refractivity contribution in [2.24, 2.45) is 0 Å². The molecule has 2 aromatic rings. The van der Waals surface area contributed by atoms with E-state index in [1.807, 2.05) is 6.07 Å². The summed E-state index contributed by atoms with van der Waals surface area (Å²) in [5, 5.41) is 0. The second kappa shape index (κ2) is 6.44. The van der Waals surface area contributed by atoms with Crippen LogP contribution in [0.25, 0.3) is 0 Å². The Kier molecular flexibility index (Phi) is 4.39. The van der Waals surface area contributed by atoms with Crippen molar-refractivity contribution < 1.29 is 19.0 Å². The largest absolute Gasteiger partial charge is 0.497 e. The number of ether oxygens (including phenoxy) is 3. The lowest BCUT2D eigenvalue weighted by Crippen LogP contribution is -2.10. The van der Waals surface area contributed by atoms with Crippen molar-refractivity contribution in [2.45, 2.75) is 0 Å². The van der Waals surface area contributed by atoms with E-state index >= 15 is 0 Å². The second-order valence-corrected chi connectivity index (χ2v) is 3.74. The zero-order valence-electron chi connectivity index (χ0n) is 10.5. The summed E-state index contributed by atoms with van der Waals surface area (Å²) in [6.45, 7) is -0.125. The number of rotatable bonds is 5. The Labute approximate surface area is 111 Å². The lowest BCUT2D eigenvalue weighted by molar-refractivity contribution is 0.0154. The number of hydrogen-bond acceptors (Lipinski definition) is 4. The van der Waals surface area contributed by atoms with Gasteiger partial charge in [0.15, 0.2) is 0 Å². The van der Waals surface area contributed by atoms with E-state index in [-0.39, 0.29) is 6.79 Å². The molecule has 0 amide bonds. The highest BCUT2D eigenvalue weighted by Crippen LogP contribution is 2.16. The number of carbonyl (C=O) groups is 1. The molecule has 19 heavy (non-hydrogen) atoms. The van der Waals surface area contributed by atoms with Crippen LogP contribution in [-0.4, -0.2) is 19.9 Å². The highest BCUT2D eigenvalue weighted by molar-refractivity contribution is 5.89. The fraction of sp³-hybridized carbons (Fsp3) is 0.133. The van der Waals surface area contributed by atoms with Gasteiger partial charge in [-0.15, -0.1) is 0 Å². The molecule has 0 aliphatic heterocycles. The van der Waals surface area contributed by atoms with E-state index in [9.17, 15) is 4.79 Å². The Balaban J connectivity index is 1.81. The average molecular weight is 258 g/mol. The molecule has 0 saturated heterocycles. The number of methoxy groups -OCH3 is 1. The minimum absolute atomic E-state index is 0.125. The summed E-state index contributed by atoms with van der Waals surface area (Å²) in [6, 6.07) is 15.8. The predicted molar refractivity (Wildman–Crippen MR) is 70.3 cm³/mol. The van der Waals surface area contributed by atoms with Gasteiger partial charge in [0.1, 0.15) is 11.5 Å². The van der Waals surface area contributed by atoms with Crippen molar-refractivity contribution in [3.8, 4) is 11.5 Å². The monoisotopic (exact) mass is 258 g/mol. The van der Waals surface area contributed by atoms with Crippen LogP contribution in [0, 0.1) is 0 Å². The zero-order chi connectivity index (χ0) is 13.5. The average Bonchev–Trinajstić information content (AvgIpc) is 2.49. The Bertz CT molecular complexity index is 520. The summed E-state index contributed by atoms with van der Waals surface area (Å²) in [5.41, 5.74) is 0.501. The maximum atomic E-state index is 11.6. The third-order valence-corrected chi connectivity index (χ3v) is 2.48. The van der Waals surface area contributed by atoms with E-state index in [0.29, 0.717) is 11.3 Å². The Morgan fingerprint density at radius 2 is 1.58 bits per heavy atom. The van der Waals surface area contributed by atoms with Gasteiger partial charge < -0.3 is 14.2 Å². The van der Waals surface area contributed by atoms with Gasteiger partial charge >= 0.3 is 5.97 Å². The third-order valence-electron chi connectivity index (χ3n) is 2.48. The minimum atomic E-state index is -0.408.